The van der Waals surface area contributed by atoms with Gasteiger partial charge in [0.25, 0.3) is 0 Å². The molecule has 17 heavy (non-hydrogen) atoms. The number of nitrogens with zero attached hydrogens (tertiary/aromatic N) is 2. The molecule has 5 heteroatoms. The fraction of sp³-hybridized carbons (Fsp3) is 0.833. The minimum Gasteiger partial charge on any atom is -0.393 e. The molecule has 2 atom stereocenters. The van der Waals surface area contributed by atoms with Crippen LogP contribution in [0.4, 0.5) is 0 Å². The van der Waals surface area contributed by atoms with Crippen LogP contribution in [0.3, 0.4) is 0 Å². The minimum atomic E-state index is -0.409. The molecule has 0 spiro atoms. The SMILES string of the molecule is CC(C)CC(O)Cc1nc(C2CCCO2)no1. The molecule has 0 bridgehead atoms. The van der Waals surface area contributed by atoms with Crippen LogP contribution in [0.25, 0.3) is 0 Å². The van der Waals surface area contributed by atoms with Gasteiger partial charge in [-0.05, 0) is 25.2 Å². The third-order valence-corrected chi connectivity index (χ3v) is 2.86. The highest BCUT2D eigenvalue weighted by Crippen LogP contribution is 2.26. The highest BCUT2D eigenvalue weighted by atomic mass is 16.5. The van der Waals surface area contributed by atoms with E-state index < -0.39 is 6.10 Å². The maximum Gasteiger partial charge on any atom is 0.229 e. The van der Waals surface area contributed by atoms with Gasteiger partial charge in [0.15, 0.2) is 0 Å². The van der Waals surface area contributed by atoms with Crippen molar-refractivity contribution in [2.45, 2.75) is 51.7 Å². The third kappa shape index (κ3) is 3.51. The van der Waals surface area contributed by atoms with Crippen molar-refractivity contribution in [2.24, 2.45) is 5.92 Å². The van der Waals surface area contributed by atoms with Crippen LogP contribution in [0, 0.1) is 5.92 Å². The predicted octanol–water partition coefficient (Wildman–Crippen LogP) is 1.87. The Kier molecular flexibility index (Phi) is 4.12. The molecule has 0 aromatic carbocycles. The average molecular weight is 240 g/mol. The zero-order chi connectivity index (χ0) is 12.3. The number of aliphatic hydroxyl groups is 1. The fourth-order valence-corrected chi connectivity index (χ4v) is 2.09. The average Bonchev–Trinajstić information content (AvgIpc) is 2.84. The van der Waals surface area contributed by atoms with Crippen LogP contribution in [-0.4, -0.2) is 28.0 Å². The van der Waals surface area contributed by atoms with Crippen LogP contribution in [0.1, 0.15) is 50.9 Å². The van der Waals surface area contributed by atoms with E-state index in [0.29, 0.717) is 24.1 Å². The van der Waals surface area contributed by atoms with Gasteiger partial charge in [-0.2, -0.15) is 4.98 Å². The van der Waals surface area contributed by atoms with Gasteiger partial charge in [0, 0.05) is 6.61 Å². The van der Waals surface area contributed by atoms with Gasteiger partial charge in [0.1, 0.15) is 6.10 Å². The van der Waals surface area contributed by atoms with Gasteiger partial charge in [-0.15, -0.1) is 0 Å². The monoisotopic (exact) mass is 240 g/mol. The highest BCUT2D eigenvalue weighted by Gasteiger charge is 2.23. The molecule has 1 N–H and O–H groups in total. The second-order valence-electron chi connectivity index (χ2n) is 5.04. The van der Waals surface area contributed by atoms with Gasteiger partial charge in [-0.1, -0.05) is 19.0 Å². The minimum absolute atomic E-state index is 0.0188. The Balaban J connectivity index is 1.89. The number of ether oxygens (including phenoxy) is 1. The predicted molar refractivity (Wildman–Crippen MR) is 61.4 cm³/mol. The van der Waals surface area contributed by atoms with Gasteiger partial charge < -0.3 is 14.4 Å². The van der Waals surface area contributed by atoms with Crippen LogP contribution in [0.15, 0.2) is 4.52 Å². The van der Waals surface area contributed by atoms with Crippen molar-refractivity contribution in [2.75, 3.05) is 6.61 Å². The molecule has 0 radical (unpaired) electrons. The molecule has 0 aliphatic carbocycles. The lowest BCUT2D eigenvalue weighted by Gasteiger charge is -2.09. The molecule has 1 saturated heterocycles. The zero-order valence-electron chi connectivity index (χ0n) is 10.4. The molecule has 1 aliphatic heterocycles. The van der Waals surface area contributed by atoms with E-state index in [1.807, 2.05) is 0 Å². The van der Waals surface area contributed by atoms with Crippen molar-refractivity contribution in [1.82, 2.24) is 10.1 Å². The van der Waals surface area contributed by atoms with Gasteiger partial charge >= 0.3 is 0 Å². The normalized spacial score (nSPS) is 22.2. The summed E-state index contributed by atoms with van der Waals surface area (Å²) in [6.45, 7) is 4.92. The molecule has 1 aliphatic rings. The standard InChI is InChI=1S/C12H20N2O3/c1-8(2)6-9(15)7-11-13-12(14-17-11)10-4-3-5-16-10/h8-10,15H,3-7H2,1-2H3. The molecule has 2 unspecified atom stereocenters. The van der Waals surface area contributed by atoms with Crippen LogP contribution < -0.4 is 0 Å². The molecular formula is C12H20N2O3. The maximum atomic E-state index is 9.79. The summed E-state index contributed by atoms with van der Waals surface area (Å²) in [6, 6.07) is 0. The number of aliphatic hydroxyl groups excluding tert-OH is 1. The van der Waals surface area contributed by atoms with E-state index in [1.165, 1.54) is 0 Å². The van der Waals surface area contributed by atoms with Crippen molar-refractivity contribution < 1.29 is 14.4 Å². The van der Waals surface area contributed by atoms with Crippen LogP contribution in [0.2, 0.25) is 0 Å². The summed E-state index contributed by atoms with van der Waals surface area (Å²) >= 11 is 0. The first-order chi connectivity index (χ1) is 8.15. The molecular weight excluding hydrogens is 220 g/mol. The molecule has 1 aromatic rings. The summed E-state index contributed by atoms with van der Waals surface area (Å²) in [7, 11) is 0. The summed E-state index contributed by atoms with van der Waals surface area (Å²) in [5.74, 6) is 1.59. The van der Waals surface area contributed by atoms with Gasteiger partial charge in [0.05, 0.1) is 12.5 Å². The molecule has 96 valence electrons. The Hall–Kier alpha value is -0.940. The first-order valence-corrected chi connectivity index (χ1v) is 6.27. The van der Waals surface area contributed by atoms with Crippen LogP contribution in [0.5, 0.6) is 0 Å². The van der Waals surface area contributed by atoms with Crippen molar-refractivity contribution in [3.8, 4) is 0 Å². The van der Waals surface area contributed by atoms with Gasteiger partial charge in [0.2, 0.25) is 11.7 Å². The van der Waals surface area contributed by atoms with Crippen molar-refractivity contribution in [3.05, 3.63) is 11.7 Å². The molecule has 0 amide bonds. The summed E-state index contributed by atoms with van der Waals surface area (Å²) in [6.07, 6.45) is 2.75. The second-order valence-corrected chi connectivity index (χ2v) is 5.04. The summed E-state index contributed by atoms with van der Waals surface area (Å²) in [5, 5.41) is 13.7. The van der Waals surface area contributed by atoms with Crippen LogP contribution in [-0.2, 0) is 11.2 Å². The Morgan fingerprint density at radius 3 is 2.94 bits per heavy atom. The van der Waals surface area contributed by atoms with E-state index in [1.54, 1.807) is 0 Å². The van der Waals surface area contributed by atoms with E-state index in [9.17, 15) is 5.11 Å². The Morgan fingerprint density at radius 2 is 2.29 bits per heavy atom. The first kappa shape index (κ1) is 12.5. The molecule has 1 fully saturated rings. The van der Waals surface area contributed by atoms with Crippen molar-refractivity contribution in [1.29, 1.82) is 0 Å². The largest absolute Gasteiger partial charge is 0.393 e. The van der Waals surface area contributed by atoms with E-state index in [-0.39, 0.29) is 6.10 Å². The number of aromatic nitrogens is 2. The quantitative estimate of drug-likeness (QED) is 0.851. The summed E-state index contributed by atoms with van der Waals surface area (Å²) in [5.41, 5.74) is 0. The summed E-state index contributed by atoms with van der Waals surface area (Å²) in [4.78, 5) is 4.28. The first-order valence-electron chi connectivity index (χ1n) is 6.27. The van der Waals surface area contributed by atoms with E-state index in [2.05, 4.69) is 24.0 Å². The summed E-state index contributed by atoms with van der Waals surface area (Å²) < 4.78 is 10.6. The lowest BCUT2D eigenvalue weighted by atomic mass is 10.0. The maximum absolute atomic E-state index is 9.79. The lowest BCUT2D eigenvalue weighted by Crippen LogP contribution is -2.13. The smallest absolute Gasteiger partial charge is 0.229 e. The molecule has 2 heterocycles. The van der Waals surface area contributed by atoms with E-state index in [0.717, 1.165) is 25.9 Å². The zero-order valence-corrected chi connectivity index (χ0v) is 10.4. The highest BCUT2D eigenvalue weighted by molar-refractivity contribution is 4.94. The van der Waals surface area contributed by atoms with Gasteiger partial charge in [-0.25, -0.2) is 0 Å². The van der Waals surface area contributed by atoms with E-state index in [4.69, 9.17) is 9.26 Å². The molecule has 5 nitrogen and oxygen atoms in total. The third-order valence-electron chi connectivity index (χ3n) is 2.86. The fourth-order valence-electron chi connectivity index (χ4n) is 2.09. The van der Waals surface area contributed by atoms with Crippen molar-refractivity contribution in [3.63, 3.8) is 0 Å². The molecule has 1 aromatic heterocycles. The lowest BCUT2D eigenvalue weighted by molar-refractivity contribution is 0.103. The Labute approximate surface area is 101 Å². The molecule has 0 saturated carbocycles. The number of rotatable bonds is 5. The van der Waals surface area contributed by atoms with Crippen molar-refractivity contribution >= 4 is 0 Å². The Bertz CT molecular complexity index is 345. The molecule has 2 rings (SSSR count). The Morgan fingerprint density at radius 1 is 1.47 bits per heavy atom. The second kappa shape index (κ2) is 5.60. The van der Waals surface area contributed by atoms with Gasteiger partial charge in [-0.3, -0.25) is 0 Å². The van der Waals surface area contributed by atoms with E-state index >= 15 is 0 Å². The topological polar surface area (TPSA) is 68.4 Å². The number of hydrogen-bond donors (Lipinski definition) is 1. The van der Waals surface area contributed by atoms with Crippen LogP contribution >= 0.6 is 0 Å². The number of hydrogen-bond acceptors (Lipinski definition) is 5.